The molecule has 0 saturated carbocycles. The fourth-order valence-electron chi connectivity index (χ4n) is 5.30. The molecule has 0 atom stereocenters. The first-order valence-electron chi connectivity index (χ1n) is 13.4. The molecule has 0 spiro atoms. The van der Waals surface area contributed by atoms with Crippen LogP contribution in [0.15, 0.2) is 122 Å². The van der Waals surface area contributed by atoms with Crippen LogP contribution in [0.1, 0.15) is 9.94 Å². The summed E-state index contributed by atoms with van der Waals surface area (Å²) in [7, 11) is 0. The van der Waals surface area contributed by atoms with Crippen molar-refractivity contribution in [2.45, 2.75) is 6.85 Å². The molecule has 3 heteroatoms. The highest BCUT2D eigenvalue weighted by atomic mass is 15.1. The number of aromatic nitrogens is 3. The van der Waals surface area contributed by atoms with E-state index in [1.165, 1.54) is 0 Å². The lowest BCUT2D eigenvalue weighted by atomic mass is 9.89. The Hall–Kier alpha value is -4.76. The highest BCUT2D eigenvalue weighted by Gasteiger charge is 2.19. The number of rotatable bonds is 3. The Balaban J connectivity index is 1.62. The van der Waals surface area contributed by atoms with Crippen molar-refractivity contribution in [2.75, 3.05) is 0 Å². The van der Waals surface area contributed by atoms with E-state index in [9.17, 15) is 0 Å². The van der Waals surface area contributed by atoms with E-state index in [0.29, 0.717) is 5.52 Å². The largest absolute Gasteiger partial charge is 0.295 e. The molecule has 5 aromatic carbocycles. The van der Waals surface area contributed by atoms with Crippen LogP contribution in [0.4, 0.5) is 0 Å². The molecule has 0 amide bonds. The SMILES string of the molecule is [2H]C([2H])([2H])c1nc2ccccc2n1-c1c2ccccc2c(-c2cccc(-c3cccnc3)c2)c2ccccc12. The van der Waals surface area contributed by atoms with Crippen molar-refractivity contribution in [1.82, 2.24) is 14.5 Å². The average molecular weight is 465 g/mol. The standard InChI is InChI=1S/C33H23N3/c1-22-35-30-17-6-7-18-31(30)36(22)33-28-15-4-2-13-26(28)32(27-14-3-5-16-29(27)33)24-11-8-10-23(20-24)25-12-9-19-34-21-25/h2-21H,1H3/i1D3. The van der Waals surface area contributed by atoms with Crippen molar-refractivity contribution in [3.63, 3.8) is 0 Å². The Kier molecular flexibility index (Phi) is 4.01. The number of hydrogen-bond donors (Lipinski definition) is 0. The maximum absolute atomic E-state index is 8.34. The number of hydrogen-bond acceptors (Lipinski definition) is 2. The number of aryl methyl sites for hydroxylation is 1. The Morgan fingerprint density at radius 3 is 2.03 bits per heavy atom. The molecule has 0 N–H and O–H groups in total. The second-order valence-corrected chi connectivity index (χ2v) is 8.90. The zero-order chi connectivity index (χ0) is 26.6. The molecule has 0 unspecified atom stereocenters. The highest BCUT2D eigenvalue weighted by molar-refractivity contribution is 6.18. The summed E-state index contributed by atoms with van der Waals surface area (Å²) in [5.41, 5.74) is 6.58. The lowest BCUT2D eigenvalue weighted by Crippen LogP contribution is -2.01. The van der Waals surface area contributed by atoms with Gasteiger partial charge in [0.15, 0.2) is 0 Å². The Morgan fingerprint density at radius 1 is 0.639 bits per heavy atom. The molecular weight excluding hydrogens is 438 g/mol. The van der Waals surface area contributed by atoms with Gasteiger partial charge < -0.3 is 0 Å². The molecule has 0 aliphatic carbocycles. The third-order valence-corrected chi connectivity index (χ3v) is 6.83. The van der Waals surface area contributed by atoms with Crippen molar-refractivity contribution < 1.29 is 4.11 Å². The van der Waals surface area contributed by atoms with E-state index in [0.717, 1.165) is 55.0 Å². The van der Waals surface area contributed by atoms with Crippen LogP contribution in [0, 0.1) is 6.85 Å². The van der Waals surface area contributed by atoms with Crippen molar-refractivity contribution in [3.8, 4) is 27.9 Å². The van der Waals surface area contributed by atoms with Gasteiger partial charge >= 0.3 is 0 Å². The number of nitrogens with zero attached hydrogens (tertiary/aromatic N) is 3. The van der Waals surface area contributed by atoms with Crippen molar-refractivity contribution >= 4 is 32.6 Å². The molecule has 0 radical (unpaired) electrons. The third kappa shape index (κ3) is 3.14. The Bertz CT molecular complexity index is 1950. The second-order valence-electron chi connectivity index (χ2n) is 8.90. The number of fused-ring (bicyclic) bond motifs is 3. The summed E-state index contributed by atoms with van der Waals surface area (Å²) in [6, 6.07) is 36.6. The maximum atomic E-state index is 8.34. The smallest absolute Gasteiger partial charge is 0.111 e. The molecule has 7 rings (SSSR count). The van der Waals surface area contributed by atoms with E-state index >= 15 is 0 Å². The van der Waals surface area contributed by atoms with E-state index in [1.807, 2.05) is 65.4 Å². The summed E-state index contributed by atoms with van der Waals surface area (Å²) in [6.45, 7) is -2.39. The molecule has 0 bridgehead atoms. The zero-order valence-corrected chi connectivity index (χ0v) is 19.4. The predicted octanol–water partition coefficient (Wildman–Crippen LogP) is 8.37. The van der Waals surface area contributed by atoms with Crippen LogP contribution in [-0.2, 0) is 0 Å². The number of pyridine rings is 1. The minimum atomic E-state index is -2.39. The summed E-state index contributed by atoms with van der Waals surface area (Å²) in [4.78, 5) is 8.90. The molecule has 7 aromatic rings. The first-order valence-corrected chi connectivity index (χ1v) is 11.9. The molecule has 170 valence electrons. The van der Waals surface area contributed by atoms with Crippen LogP contribution >= 0.6 is 0 Å². The normalized spacial score (nSPS) is 13.1. The zero-order valence-electron chi connectivity index (χ0n) is 22.4. The summed E-state index contributed by atoms with van der Waals surface area (Å²) >= 11 is 0. The number of benzene rings is 5. The van der Waals surface area contributed by atoms with Gasteiger partial charge in [-0.25, -0.2) is 4.98 Å². The third-order valence-electron chi connectivity index (χ3n) is 6.83. The van der Waals surface area contributed by atoms with Gasteiger partial charge in [0.05, 0.1) is 16.7 Å². The molecule has 2 heterocycles. The van der Waals surface area contributed by atoms with Gasteiger partial charge in [0.25, 0.3) is 0 Å². The van der Waals surface area contributed by atoms with Crippen molar-refractivity contribution in [3.05, 3.63) is 127 Å². The monoisotopic (exact) mass is 464 g/mol. The van der Waals surface area contributed by atoms with Gasteiger partial charge in [-0.05, 0) is 58.6 Å². The summed E-state index contributed by atoms with van der Waals surface area (Å²) in [5.74, 6) is 0.0605. The van der Waals surface area contributed by atoms with Crippen molar-refractivity contribution in [2.24, 2.45) is 0 Å². The van der Waals surface area contributed by atoms with E-state index < -0.39 is 6.85 Å². The lowest BCUT2D eigenvalue weighted by molar-refractivity contribution is 1.02. The van der Waals surface area contributed by atoms with Crippen LogP contribution in [-0.4, -0.2) is 14.5 Å². The van der Waals surface area contributed by atoms with Crippen LogP contribution in [0.25, 0.3) is 60.5 Å². The first kappa shape index (κ1) is 17.6. The fourth-order valence-corrected chi connectivity index (χ4v) is 5.30. The topological polar surface area (TPSA) is 30.7 Å². The first-order chi connectivity index (χ1) is 19.0. The van der Waals surface area contributed by atoms with Gasteiger partial charge in [0.1, 0.15) is 5.82 Å². The van der Waals surface area contributed by atoms with Gasteiger partial charge in [0.2, 0.25) is 0 Å². The molecular formula is C33H23N3. The Morgan fingerprint density at radius 2 is 1.31 bits per heavy atom. The van der Waals surface area contributed by atoms with E-state index in [1.54, 1.807) is 6.20 Å². The molecule has 36 heavy (non-hydrogen) atoms. The molecule has 0 aliphatic rings. The van der Waals surface area contributed by atoms with Crippen LogP contribution in [0.5, 0.6) is 0 Å². The van der Waals surface area contributed by atoms with Crippen molar-refractivity contribution in [1.29, 1.82) is 0 Å². The number of para-hydroxylation sites is 2. The lowest BCUT2D eigenvalue weighted by Gasteiger charge is -2.19. The molecule has 2 aromatic heterocycles. The van der Waals surface area contributed by atoms with E-state index in [-0.39, 0.29) is 5.82 Å². The van der Waals surface area contributed by atoms with Gasteiger partial charge in [0, 0.05) is 32.8 Å². The molecule has 3 nitrogen and oxygen atoms in total. The van der Waals surface area contributed by atoms with Crippen LogP contribution in [0.2, 0.25) is 0 Å². The van der Waals surface area contributed by atoms with Gasteiger partial charge in [-0.3, -0.25) is 9.55 Å². The highest BCUT2D eigenvalue weighted by Crippen LogP contribution is 2.42. The van der Waals surface area contributed by atoms with Gasteiger partial charge in [-0.15, -0.1) is 0 Å². The van der Waals surface area contributed by atoms with Gasteiger partial charge in [-0.1, -0.05) is 84.9 Å². The van der Waals surface area contributed by atoms with Crippen LogP contribution in [0.3, 0.4) is 0 Å². The number of imidazole rings is 1. The maximum Gasteiger partial charge on any atom is 0.111 e. The summed E-state index contributed by atoms with van der Waals surface area (Å²) in [6.07, 6.45) is 3.65. The summed E-state index contributed by atoms with van der Waals surface area (Å²) in [5, 5.41) is 4.02. The fraction of sp³-hybridized carbons (Fsp3) is 0.0303. The summed E-state index contributed by atoms with van der Waals surface area (Å²) < 4.78 is 26.9. The molecule has 0 fully saturated rings. The Labute approximate surface area is 213 Å². The quantitative estimate of drug-likeness (QED) is 0.246. The molecule has 0 aliphatic heterocycles. The predicted molar refractivity (Wildman–Crippen MR) is 149 cm³/mol. The van der Waals surface area contributed by atoms with E-state index in [2.05, 4.69) is 64.6 Å². The molecule has 0 saturated heterocycles. The van der Waals surface area contributed by atoms with Gasteiger partial charge in [-0.2, -0.15) is 0 Å². The van der Waals surface area contributed by atoms with E-state index in [4.69, 9.17) is 4.11 Å². The average Bonchev–Trinajstić information content (AvgIpc) is 3.36. The minimum Gasteiger partial charge on any atom is -0.295 e. The van der Waals surface area contributed by atoms with Crippen LogP contribution < -0.4 is 0 Å². The second kappa shape index (κ2) is 8.17. The minimum absolute atomic E-state index is 0.0605.